The molecule has 3 rings (SSSR count). The Morgan fingerprint density at radius 2 is 1.84 bits per heavy atom. The number of aliphatic hydroxyl groups is 1. The fourth-order valence-electron chi connectivity index (χ4n) is 4.02. The Labute approximate surface area is 179 Å². The maximum Gasteiger partial charge on any atom is 0.416 e. The molecule has 0 aliphatic carbocycles. The smallest absolute Gasteiger partial charge is 0.394 e. The van der Waals surface area contributed by atoms with E-state index < -0.39 is 17.6 Å². The number of halogens is 4. The van der Waals surface area contributed by atoms with Crippen LogP contribution in [0.15, 0.2) is 30.6 Å². The summed E-state index contributed by atoms with van der Waals surface area (Å²) in [7, 11) is 0. The summed E-state index contributed by atoms with van der Waals surface area (Å²) in [4.78, 5) is 9.89. The number of nitrogens with one attached hydrogen (secondary N) is 1. The Hall–Kier alpha value is -2.42. The van der Waals surface area contributed by atoms with E-state index in [-0.39, 0.29) is 35.7 Å². The van der Waals surface area contributed by atoms with Gasteiger partial charge in [0.1, 0.15) is 6.33 Å². The van der Waals surface area contributed by atoms with Gasteiger partial charge in [0.25, 0.3) is 0 Å². The first-order valence-electron chi connectivity index (χ1n) is 10.3. The van der Waals surface area contributed by atoms with Crippen LogP contribution in [0.2, 0.25) is 0 Å². The minimum absolute atomic E-state index is 0.00590. The number of rotatable bonds is 6. The first kappa shape index (κ1) is 23.2. The van der Waals surface area contributed by atoms with Gasteiger partial charge < -0.3 is 15.3 Å². The van der Waals surface area contributed by atoms with Gasteiger partial charge in [-0.25, -0.2) is 9.97 Å². The van der Waals surface area contributed by atoms with E-state index >= 15 is 4.39 Å². The lowest BCUT2D eigenvalue weighted by Crippen LogP contribution is -2.31. The third-order valence-electron chi connectivity index (χ3n) is 5.34. The van der Waals surface area contributed by atoms with Crippen molar-refractivity contribution in [3.63, 3.8) is 0 Å². The van der Waals surface area contributed by atoms with Crippen LogP contribution >= 0.6 is 0 Å². The zero-order valence-corrected chi connectivity index (χ0v) is 17.9. The van der Waals surface area contributed by atoms with Crippen LogP contribution in [0.25, 0.3) is 0 Å². The second-order valence-electron chi connectivity index (χ2n) is 9.12. The molecule has 0 amide bonds. The van der Waals surface area contributed by atoms with E-state index in [1.54, 1.807) is 4.90 Å². The maximum absolute atomic E-state index is 15.3. The maximum atomic E-state index is 15.3. The second kappa shape index (κ2) is 8.98. The van der Waals surface area contributed by atoms with E-state index in [4.69, 9.17) is 0 Å². The summed E-state index contributed by atoms with van der Waals surface area (Å²) in [5, 5.41) is 12.6. The highest BCUT2D eigenvalue weighted by molar-refractivity contribution is 5.53. The van der Waals surface area contributed by atoms with Crippen molar-refractivity contribution in [1.82, 2.24) is 9.97 Å². The number of alkyl halides is 3. The fourth-order valence-corrected chi connectivity index (χ4v) is 4.02. The molecule has 0 radical (unpaired) electrons. The largest absolute Gasteiger partial charge is 0.416 e. The van der Waals surface area contributed by atoms with Crippen LogP contribution in [0.3, 0.4) is 0 Å². The molecule has 1 fully saturated rings. The molecule has 1 aromatic carbocycles. The van der Waals surface area contributed by atoms with Gasteiger partial charge in [-0.2, -0.15) is 17.6 Å². The lowest BCUT2D eigenvalue weighted by molar-refractivity contribution is -0.137. The number of anilines is 2. The monoisotopic (exact) mass is 440 g/mol. The molecule has 31 heavy (non-hydrogen) atoms. The molecule has 1 saturated heterocycles. The second-order valence-corrected chi connectivity index (χ2v) is 9.12. The first-order valence-corrected chi connectivity index (χ1v) is 10.3. The molecule has 1 aliphatic rings. The quantitative estimate of drug-likeness (QED) is 0.606. The SMILES string of the molecule is CC(C)(C)CC(CO)Nc1ncnc(N2CCCC2c2ccc(C(F)(F)F)cc2)c1F. The topological polar surface area (TPSA) is 61.3 Å². The van der Waals surface area contributed by atoms with Gasteiger partial charge in [-0.3, -0.25) is 0 Å². The number of aliphatic hydroxyl groups excluding tert-OH is 1. The summed E-state index contributed by atoms with van der Waals surface area (Å²) >= 11 is 0. The van der Waals surface area contributed by atoms with Gasteiger partial charge in [0, 0.05) is 6.54 Å². The van der Waals surface area contributed by atoms with E-state index in [2.05, 4.69) is 15.3 Å². The first-order chi connectivity index (χ1) is 14.5. The van der Waals surface area contributed by atoms with Gasteiger partial charge in [0.2, 0.25) is 5.82 Å². The predicted octanol–water partition coefficient (Wildman–Crippen LogP) is 5.19. The highest BCUT2D eigenvalue weighted by Crippen LogP contribution is 2.38. The minimum Gasteiger partial charge on any atom is -0.394 e. The van der Waals surface area contributed by atoms with Crippen LogP contribution in [0.1, 0.15) is 57.2 Å². The summed E-state index contributed by atoms with van der Waals surface area (Å²) in [5.74, 6) is -0.521. The number of aromatic nitrogens is 2. The summed E-state index contributed by atoms with van der Waals surface area (Å²) < 4.78 is 53.9. The van der Waals surface area contributed by atoms with Crippen molar-refractivity contribution in [3.8, 4) is 0 Å². The molecule has 2 atom stereocenters. The van der Waals surface area contributed by atoms with Crippen LogP contribution in [0.4, 0.5) is 29.2 Å². The summed E-state index contributed by atoms with van der Waals surface area (Å²) in [6.45, 7) is 6.44. The Balaban J connectivity index is 1.84. The van der Waals surface area contributed by atoms with Crippen molar-refractivity contribution < 1.29 is 22.7 Å². The minimum atomic E-state index is -4.40. The number of nitrogens with zero attached hydrogens (tertiary/aromatic N) is 3. The third-order valence-corrected chi connectivity index (χ3v) is 5.34. The van der Waals surface area contributed by atoms with Gasteiger partial charge in [-0.15, -0.1) is 0 Å². The summed E-state index contributed by atoms with van der Waals surface area (Å²) in [5.41, 5.74) is -0.108. The Bertz CT molecular complexity index is 881. The average Bonchev–Trinajstić information content (AvgIpc) is 3.17. The summed E-state index contributed by atoms with van der Waals surface area (Å²) in [6.07, 6.45) is -1.08. The van der Waals surface area contributed by atoms with Crippen LogP contribution < -0.4 is 10.2 Å². The molecule has 2 heterocycles. The van der Waals surface area contributed by atoms with Gasteiger partial charge in [-0.1, -0.05) is 32.9 Å². The van der Waals surface area contributed by atoms with Gasteiger partial charge in [0.15, 0.2) is 11.6 Å². The van der Waals surface area contributed by atoms with Gasteiger partial charge in [-0.05, 0) is 42.4 Å². The molecular formula is C22H28F4N4O. The predicted molar refractivity (Wildman–Crippen MR) is 111 cm³/mol. The van der Waals surface area contributed by atoms with Gasteiger partial charge >= 0.3 is 6.18 Å². The van der Waals surface area contributed by atoms with E-state index in [0.717, 1.165) is 18.6 Å². The zero-order chi connectivity index (χ0) is 22.8. The molecule has 0 bridgehead atoms. The van der Waals surface area contributed by atoms with E-state index in [1.165, 1.54) is 18.5 Å². The normalized spacial score (nSPS) is 18.3. The highest BCUT2D eigenvalue weighted by Gasteiger charge is 2.33. The van der Waals surface area contributed by atoms with Crippen molar-refractivity contribution in [2.24, 2.45) is 5.41 Å². The van der Waals surface area contributed by atoms with E-state index in [1.807, 2.05) is 20.8 Å². The van der Waals surface area contributed by atoms with Gasteiger partial charge in [0.05, 0.1) is 24.3 Å². The molecule has 2 unspecified atom stereocenters. The molecule has 2 aromatic rings. The van der Waals surface area contributed by atoms with Crippen molar-refractivity contribution in [2.75, 3.05) is 23.4 Å². The van der Waals surface area contributed by atoms with Crippen molar-refractivity contribution in [2.45, 2.75) is 58.3 Å². The highest BCUT2D eigenvalue weighted by atomic mass is 19.4. The summed E-state index contributed by atoms with van der Waals surface area (Å²) in [6, 6.07) is 4.33. The molecule has 1 aromatic heterocycles. The standard InChI is InChI=1S/C22H28F4N4O/c1-21(2,3)11-16(12-31)29-19-18(23)20(28-13-27-19)30-10-4-5-17(30)14-6-8-15(9-7-14)22(24,25)26/h6-9,13,16-17,31H,4-5,10-12H2,1-3H3,(H,27,28,29). The van der Waals surface area contributed by atoms with E-state index in [0.29, 0.717) is 24.9 Å². The molecule has 9 heteroatoms. The molecule has 5 nitrogen and oxygen atoms in total. The van der Waals surface area contributed by atoms with Crippen LogP contribution in [-0.4, -0.2) is 34.3 Å². The Morgan fingerprint density at radius 1 is 1.16 bits per heavy atom. The lowest BCUT2D eigenvalue weighted by atomic mass is 9.88. The zero-order valence-electron chi connectivity index (χ0n) is 17.9. The Kier molecular flexibility index (Phi) is 6.73. The molecular weight excluding hydrogens is 412 g/mol. The van der Waals surface area contributed by atoms with Crippen LogP contribution in [0.5, 0.6) is 0 Å². The molecule has 1 aliphatic heterocycles. The number of benzene rings is 1. The molecule has 170 valence electrons. The Morgan fingerprint density at radius 3 is 2.42 bits per heavy atom. The molecule has 0 saturated carbocycles. The average molecular weight is 440 g/mol. The number of hydrogen-bond donors (Lipinski definition) is 2. The third kappa shape index (κ3) is 5.64. The van der Waals surface area contributed by atoms with E-state index in [9.17, 15) is 18.3 Å². The van der Waals surface area contributed by atoms with Crippen molar-refractivity contribution >= 4 is 11.6 Å². The van der Waals surface area contributed by atoms with Crippen molar-refractivity contribution in [3.05, 3.63) is 47.5 Å². The molecule has 0 spiro atoms. The van der Waals surface area contributed by atoms with Crippen LogP contribution in [-0.2, 0) is 6.18 Å². The lowest BCUT2D eigenvalue weighted by Gasteiger charge is -2.28. The van der Waals surface area contributed by atoms with Crippen molar-refractivity contribution in [1.29, 1.82) is 0 Å². The van der Waals surface area contributed by atoms with Crippen LogP contribution in [0, 0.1) is 11.2 Å². The fraction of sp³-hybridized carbons (Fsp3) is 0.545. The number of hydrogen-bond acceptors (Lipinski definition) is 5. The molecule has 2 N–H and O–H groups in total.